The molecule has 1 aliphatic carbocycles. The SMILES string of the molecule is CC1CC1C(=O)Nc1ccc(C(=O)NCC(=O)Nc2ccc(F)c(F)c2F)cc1. The lowest BCUT2D eigenvalue weighted by atomic mass is 10.2. The number of anilines is 2. The van der Waals surface area contributed by atoms with Crippen molar-refractivity contribution in [1.82, 2.24) is 5.32 Å². The fourth-order valence-electron chi connectivity index (χ4n) is 2.71. The molecule has 0 aromatic heterocycles. The van der Waals surface area contributed by atoms with Crippen LogP contribution in [0.4, 0.5) is 24.5 Å². The van der Waals surface area contributed by atoms with Crippen molar-refractivity contribution in [2.45, 2.75) is 13.3 Å². The summed E-state index contributed by atoms with van der Waals surface area (Å²) in [7, 11) is 0. The Bertz CT molecular complexity index is 963. The van der Waals surface area contributed by atoms with Crippen LogP contribution in [0.5, 0.6) is 0 Å². The van der Waals surface area contributed by atoms with E-state index in [0.717, 1.165) is 12.5 Å². The van der Waals surface area contributed by atoms with E-state index in [-0.39, 0.29) is 17.4 Å². The topological polar surface area (TPSA) is 87.3 Å². The second-order valence-electron chi connectivity index (χ2n) is 6.84. The Morgan fingerprint density at radius 2 is 1.62 bits per heavy atom. The molecule has 3 amide bonds. The average molecular weight is 405 g/mol. The van der Waals surface area contributed by atoms with Gasteiger partial charge in [-0.1, -0.05) is 6.92 Å². The summed E-state index contributed by atoms with van der Waals surface area (Å²) in [5.74, 6) is -5.64. The molecular weight excluding hydrogens is 387 g/mol. The van der Waals surface area contributed by atoms with Crippen molar-refractivity contribution in [1.29, 1.82) is 0 Å². The van der Waals surface area contributed by atoms with Crippen LogP contribution in [0, 0.1) is 29.3 Å². The second kappa shape index (κ2) is 8.34. The normalized spacial score (nSPS) is 17.4. The van der Waals surface area contributed by atoms with Crippen LogP contribution in [0.15, 0.2) is 36.4 Å². The van der Waals surface area contributed by atoms with E-state index in [1.54, 1.807) is 12.1 Å². The molecule has 2 aromatic carbocycles. The van der Waals surface area contributed by atoms with Crippen molar-refractivity contribution in [3.63, 3.8) is 0 Å². The number of halogens is 3. The van der Waals surface area contributed by atoms with Gasteiger partial charge in [-0.3, -0.25) is 14.4 Å². The van der Waals surface area contributed by atoms with E-state index in [1.807, 2.05) is 6.92 Å². The van der Waals surface area contributed by atoms with Crippen molar-refractivity contribution in [3.8, 4) is 0 Å². The predicted octanol–water partition coefficient (Wildman–Crippen LogP) is 3.07. The number of benzene rings is 2. The Kier molecular flexibility index (Phi) is 5.86. The quantitative estimate of drug-likeness (QED) is 0.646. The maximum atomic E-state index is 13.5. The van der Waals surface area contributed by atoms with E-state index in [0.29, 0.717) is 17.7 Å². The number of rotatable bonds is 6. The molecule has 2 aromatic rings. The summed E-state index contributed by atoms with van der Waals surface area (Å²) in [6, 6.07) is 7.65. The van der Waals surface area contributed by atoms with Gasteiger partial charge in [0.25, 0.3) is 5.91 Å². The summed E-state index contributed by atoms with van der Waals surface area (Å²) in [5, 5.41) is 7.15. The van der Waals surface area contributed by atoms with Crippen LogP contribution in [0.25, 0.3) is 0 Å². The molecule has 0 radical (unpaired) electrons. The molecule has 6 nitrogen and oxygen atoms in total. The second-order valence-corrected chi connectivity index (χ2v) is 6.84. The van der Waals surface area contributed by atoms with E-state index in [1.165, 1.54) is 12.1 Å². The highest BCUT2D eigenvalue weighted by Gasteiger charge is 2.39. The number of hydrogen-bond donors (Lipinski definition) is 3. The third kappa shape index (κ3) is 4.92. The minimum absolute atomic E-state index is 0.0240. The Morgan fingerprint density at radius 3 is 2.24 bits per heavy atom. The molecule has 29 heavy (non-hydrogen) atoms. The first kappa shape index (κ1) is 20.4. The molecule has 3 N–H and O–H groups in total. The standard InChI is InChI=1S/C20H18F3N3O3/c1-10-8-13(10)20(29)25-12-4-2-11(3-5-12)19(28)24-9-16(27)26-15-7-6-14(21)17(22)18(15)23/h2-7,10,13H,8-9H2,1H3,(H,24,28)(H,25,29)(H,26,27). The van der Waals surface area contributed by atoms with Gasteiger partial charge in [0, 0.05) is 17.2 Å². The maximum Gasteiger partial charge on any atom is 0.251 e. The van der Waals surface area contributed by atoms with Gasteiger partial charge in [-0.05, 0) is 48.7 Å². The van der Waals surface area contributed by atoms with Crippen molar-refractivity contribution in [3.05, 3.63) is 59.4 Å². The van der Waals surface area contributed by atoms with Gasteiger partial charge < -0.3 is 16.0 Å². The van der Waals surface area contributed by atoms with E-state index in [2.05, 4.69) is 16.0 Å². The molecule has 0 heterocycles. The molecule has 0 spiro atoms. The summed E-state index contributed by atoms with van der Waals surface area (Å²) in [6.07, 6.45) is 0.864. The minimum atomic E-state index is -1.70. The number of amides is 3. The summed E-state index contributed by atoms with van der Waals surface area (Å²) >= 11 is 0. The molecule has 2 unspecified atom stereocenters. The van der Waals surface area contributed by atoms with Gasteiger partial charge in [0.05, 0.1) is 12.2 Å². The maximum absolute atomic E-state index is 13.5. The number of carbonyl (C=O) groups is 3. The molecule has 9 heteroatoms. The first-order chi connectivity index (χ1) is 13.8. The zero-order valence-electron chi connectivity index (χ0n) is 15.4. The lowest BCUT2D eigenvalue weighted by molar-refractivity contribution is -0.117. The van der Waals surface area contributed by atoms with Crippen molar-refractivity contribution in [2.75, 3.05) is 17.2 Å². The highest BCUT2D eigenvalue weighted by molar-refractivity contribution is 6.00. The van der Waals surface area contributed by atoms with Gasteiger partial charge >= 0.3 is 0 Å². The van der Waals surface area contributed by atoms with Gasteiger partial charge in [-0.15, -0.1) is 0 Å². The van der Waals surface area contributed by atoms with Crippen LogP contribution >= 0.6 is 0 Å². The largest absolute Gasteiger partial charge is 0.343 e. The van der Waals surface area contributed by atoms with Crippen LogP contribution < -0.4 is 16.0 Å². The van der Waals surface area contributed by atoms with Gasteiger partial charge in [0.15, 0.2) is 17.5 Å². The summed E-state index contributed by atoms with van der Waals surface area (Å²) in [5.41, 5.74) is 0.264. The summed E-state index contributed by atoms with van der Waals surface area (Å²) < 4.78 is 39.6. The Morgan fingerprint density at radius 1 is 0.966 bits per heavy atom. The Hall–Kier alpha value is -3.36. The lowest BCUT2D eigenvalue weighted by Gasteiger charge is -2.09. The van der Waals surface area contributed by atoms with Crippen LogP contribution in [0.2, 0.25) is 0 Å². The van der Waals surface area contributed by atoms with Crippen molar-refractivity contribution < 1.29 is 27.6 Å². The van der Waals surface area contributed by atoms with Crippen molar-refractivity contribution >= 4 is 29.1 Å². The third-order valence-corrected chi connectivity index (χ3v) is 4.58. The number of carbonyl (C=O) groups excluding carboxylic acids is 3. The van der Waals surface area contributed by atoms with Crippen LogP contribution in [0.3, 0.4) is 0 Å². The fourth-order valence-corrected chi connectivity index (χ4v) is 2.71. The predicted molar refractivity (Wildman–Crippen MR) is 99.6 cm³/mol. The molecule has 0 bridgehead atoms. The molecule has 1 fully saturated rings. The number of nitrogens with one attached hydrogen (secondary N) is 3. The van der Waals surface area contributed by atoms with Crippen LogP contribution in [-0.4, -0.2) is 24.3 Å². The average Bonchev–Trinajstić information content (AvgIpc) is 3.44. The minimum Gasteiger partial charge on any atom is -0.343 e. The van der Waals surface area contributed by atoms with Gasteiger partial charge in [-0.25, -0.2) is 13.2 Å². The zero-order valence-corrected chi connectivity index (χ0v) is 15.4. The van der Waals surface area contributed by atoms with Crippen LogP contribution in [0.1, 0.15) is 23.7 Å². The first-order valence-electron chi connectivity index (χ1n) is 8.88. The molecule has 0 saturated heterocycles. The zero-order chi connectivity index (χ0) is 21.1. The molecule has 152 valence electrons. The van der Waals surface area contributed by atoms with Crippen LogP contribution in [-0.2, 0) is 9.59 Å². The molecule has 1 saturated carbocycles. The Balaban J connectivity index is 1.50. The van der Waals surface area contributed by atoms with Gasteiger partial charge in [0.1, 0.15) is 0 Å². The molecular formula is C20H18F3N3O3. The summed E-state index contributed by atoms with van der Waals surface area (Å²) in [4.78, 5) is 35.8. The highest BCUT2D eigenvalue weighted by atomic mass is 19.2. The number of hydrogen-bond acceptors (Lipinski definition) is 3. The third-order valence-electron chi connectivity index (χ3n) is 4.58. The van der Waals surface area contributed by atoms with Gasteiger partial charge in [-0.2, -0.15) is 0 Å². The molecule has 3 rings (SSSR count). The highest BCUT2D eigenvalue weighted by Crippen LogP contribution is 2.38. The Labute approximate surface area is 164 Å². The van der Waals surface area contributed by atoms with E-state index in [9.17, 15) is 27.6 Å². The smallest absolute Gasteiger partial charge is 0.251 e. The van der Waals surface area contributed by atoms with E-state index >= 15 is 0 Å². The molecule has 1 aliphatic rings. The monoisotopic (exact) mass is 405 g/mol. The van der Waals surface area contributed by atoms with E-state index in [4.69, 9.17) is 0 Å². The molecule has 0 aliphatic heterocycles. The molecule has 2 atom stereocenters. The first-order valence-corrected chi connectivity index (χ1v) is 8.88. The lowest BCUT2D eigenvalue weighted by Crippen LogP contribution is -2.33. The van der Waals surface area contributed by atoms with Gasteiger partial charge in [0.2, 0.25) is 11.8 Å². The van der Waals surface area contributed by atoms with Crippen molar-refractivity contribution in [2.24, 2.45) is 11.8 Å². The fraction of sp³-hybridized carbons (Fsp3) is 0.250. The summed E-state index contributed by atoms with van der Waals surface area (Å²) in [6.45, 7) is 1.49. The van der Waals surface area contributed by atoms with E-state index < -0.39 is 41.5 Å².